The minimum absolute atomic E-state index is 0.122. The maximum atomic E-state index is 12.3. The van der Waals surface area contributed by atoms with Gasteiger partial charge in [-0.2, -0.15) is 0 Å². The van der Waals surface area contributed by atoms with Crippen molar-refractivity contribution in [2.75, 3.05) is 6.61 Å². The highest BCUT2D eigenvalue weighted by Crippen LogP contribution is 2.29. The lowest BCUT2D eigenvalue weighted by Crippen LogP contribution is -2.26. The average molecular weight is 414 g/mol. The lowest BCUT2D eigenvalue weighted by atomic mass is 10.1. The van der Waals surface area contributed by atoms with Gasteiger partial charge in [-0.3, -0.25) is 4.79 Å². The molecule has 0 radical (unpaired) electrons. The number of hydrogen-bond donors (Lipinski definition) is 0. The molecule has 154 valence electrons. The molecule has 0 spiro atoms. The van der Waals surface area contributed by atoms with E-state index in [2.05, 4.69) is 22.3 Å². The van der Waals surface area contributed by atoms with Gasteiger partial charge < -0.3 is 14.0 Å². The maximum Gasteiger partial charge on any atom is 0.319 e. The zero-order valence-electron chi connectivity index (χ0n) is 17.3. The Kier molecular flexibility index (Phi) is 7.14. The fraction of sp³-hybridized carbons (Fsp3) is 0.409. The number of aromatic nitrogens is 3. The molecule has 1 aromatic heterocycles. The van der Waals surface area contributed by atoms with Gasteiger partial charge in [0.1, 0.15) is 17.6 Å². The second-order valence-corrected chi connectivity index (χ2v) is 8.05. The van der Waals surface area contributed by atoms with Gasteiger partial charge in [0.15, 0.2) is 11.0 Å². The molecule has 0 saturated heterocycles. The number of fused-ring (bicyclic) bond motifs is 1. The fourth-order valence-electron chi connectivity index (χ4n) is 3.09. The molecule has 0 aliphatic heterocycles. The van der Waals surface area contributed by atoms with E-state index in [-0.39, 0.29) is 17.1 Å². The van der Waals surface area contributed by atoms with E-state index in [0.29, 0.717) is 24.9 Å². The van der Waals surface area contributed by atoms with Crippen LogP contribution in [0.5, 0.6) is 5.75 Å². The van der Waals surface area contributed by atoms with Gasteiger partial charge in [-0.1, -0.05) is 62.0 Å². The molecule has 0 amide bonds. The summed E-state index contributed by atoms with van der Waals surface area (Å²) in [4.78, 5) is 12.3. The average Bonchev–Trinajstić information content (AvgIpc) is 3.11. The Labute approximate surface area is 175 Å². The second kappa shape index (κ2) is 9.78. The topological polar surface area (TPSA) is 66.2 Å². The molecule has 1 atom stereocenters. The summed E-state index contributed by atoms with van der Waals surface area (Å²) < 4.78 is 13.3. The van der Waals surface area contributed by atoms with E-state index < -0.39 is 0 Å². The third-order valence-corrected chi connectivity index (χ3v) is 6.08. The zero-order valence-corrected chi connectivity index (χ0v) is 18.1. The number of benzene rings is 2. The van der Waals surface area contributed by atoms with Crippen LogP contribution in [0.4, 0.5) is 0 Å². The van der Waals surface area contributed by atoms with E-state index in [0.717, 1.165) is 22.3 Å². The van der Waals surface area contributed by atoms with Crippen LogP contribution in [0.15, 0.2) is 47.6 Å². The first-order valence-electron chi connectivity index (χ1n) is 9.91. The first-order chi connectivity index (χ1) is 14.0. The summed E-state index contributed by atoms with van der Waals surface area (Å²) in [5, 5.41) is 11.2. The fourth-order valence-corrected chi connectivity index (χ4v) is 4.20. The van der Waals surface area contributed by atoms with Gasteiger partial charge in [-0.15, -0.1) is 10.2 Å². The standard InChI is InChI=1S/C22H27N3O3S/c1-5-25-19(14-28-18-13-9-11-16-10-7-8-12-17(16)18)23-24-22(25)29-20(15(3)4)21(26)27-6-2/h7-13,15,20H,5-6,14H2,1-4H3/t20-/m1/s1. The van der Waals surface area contributed by atoms with Crippen LogP contribution in [-0.4, -0.2) is 32.6 Å². The van der Waals surface area contributed by atoms with Gasteiger partial charge in [-0.05, 0) is 31.2 Å². The Morgan fingerprint density at radius 2 is 1.86 bits per heavy atom. The van der Waals surface area contributed by atoms with Crippen molar-refractivity contribution in [3.63, 3.8) is 0 Å². The number of hydrogen-bond acceptors (Lipinski definition) is 6. The minimum Gasteiger partial charge on any atom is -0.485 e. The van der Waals surface area contributed by atoms with Crippen molar-refractivity contribution in [1.29, 1.82) is 0 Å². The summed E-state index contributed by atoms with van der Waals surface area (Å²) in [5.74, 6) is 1.45. The van der Waals surface area contributed by atoms with Crippen molar-refractivity contribution >= 4 is 28.5 Å². The molecular formula is C22H27N3O3S. The predicted molar refractivity (Wildman–Crippen MR) is 115 cm³/mol. The molecule has 2 aromatic carbocycles. The molecule has 29 heavy (non-hydrogen) atoms. The Morgan fingerprint density at radius 3 is 2.59 bits per heavy atom. The third kappa shape index (κ3) is 4.90. The van der Waals surface area contributed by atoms with E-state index in [1.165, 1.54) is 11.8 Å². The van der Waals surface area contributed by atoms with Crippen LogP contribution in [0, 0.1) is 5.92 Å². The van der Waals surface area contributed by atoms with E-state index in [9.17, 15) is 4.79 Å². The first-order valence-corrected chi connectivity index (χ1v) is 10.8. The molecule has 0 fully saturated rings. The van der Waals surface area contributed by atoms with Gasteiger partial charge in [0, 0.05) is 11.9 Å². The normalized spacial score (nSPS) is 12.3. The van der Waals surface area contributed by atoms with Crippen molar-refractivity contribution in [2.24, 2.45) is 5.92 Å². The summed E-state index contributed by atoms with van der Waals surface area (Å²) >= 11 is 1.40. The molecule has 3 rings (SSSR count). The van der Waals surface area contributed by atoms with E-state index in [1.54, 1.807) is 0 Å². The number of nitrogens with zero attached hydrogens (tertiary/aromatic N) is 3. The molecule has 0 aliphatic carbocycles. The number of carbonyl (C=O) groups is 1. The van der Waals surface area contributed by atoms with Crippen LogP contribution in [0.25, 0.3) is 10.8 Å². The number of rotatable bonds is 9. The zero-order chi connectivity index (χ0) is 20.8. The molecule has 0 N–H and O–H groups in total. The van der Waals surface area contributed by atoms with Gasteiger partial charge >= 0.3 is 5.97 Å². The largest absolute Gasteiger partial charge is 0.485 e. The van der Waals surface area contributed by atoms with Crippen molar-refractivity contribution in [2.45, 2.75) is 51.3 Å². The van der Waals surface area contributed by atoms with E-state index >= 15 is 0 Å². The SMILES string of the molecule is CCOC(=O)[C@H](Sc1nnc(COc2cccc3ccccc23)n1CC)C(C)C. The molecule has 3 aromatic rings. The monoisotopic (exact) mass is 413 g/mol. The summed E-state index contributed by atoms with van der Waals surface area (Å²) in [6.07, 6.45) is 0. The summed E-state index contributed by atoms with van der Waals surface area (Å²) in [5.41, 5.74) is 0. The van der Waals surface area contributed by atoms with Gasteiger partial charge in [-0.25, -0.2) is 0 Å². The van der Waals surface area contributed by atoms with Crippen LogP contribution in [0.1, 0.15) is 33.5 Å². The summed E-state index contributed by atoms with van der Waals surface area (Å²) in [6, 6.07) is 14.1. The first kappa shape index (κ1) is 21.2. The molecular weight excluding hydrogens is 386 g/mol. The highest BCUT2D eigenvalue weighted by molar-refractivity contribution is 8.00. The molecule has 1 heterocycles. The number of ether oxygens (including phenoxy) is 2. The highest BCUT2D eigenvalue weighted by atomic mass is 32.2. The molecule has 0 saturated carbocycles. The van der Waals surface area contributed by atoms with Crippen LogP contribution < -0.4 is 4.74 Å². The summed E-state index contributed by atoms with van der Waals surface area (Å²) in [6.45, 7) is 9.23. The minimum atomic E-state index is -0.323. The van der Waals surface area contributed by atoms with Crippen molar-refractivity contribution in [3.05, 3.63) is 48.3 Å². The maximum absolute atomic E-state index is 12.3. The smallest absolute Gasteiger partial charge is 0.319 e. The number of carbonyl (C=O) groups excluding carboxylic acids is 1. The predicted octanol–water partition coefficient (Wildman–Crippen LogP) is 4.71. The highest BCUT2D eigenvalue weighted by Gasteiger charge is 2.27. The van der Waals surface area contributed by atoms with E-state index in [1.807, 2.05) is 62.6 Å². The summed E-state index contributed by atoms with van der Waals surface area (Å²) in [7, 11) is 0. The Hall–Kier alpha value is -2.54. The van der Waals surface area contributed by atoms with Crippen LogP contribution >= 0.6 is 11.8 Å². The van der Waals surface area contributed by atoms with Crippen LogP contribution in [0.2, 0.25) is 0 Å². The molecule has 0 unspecified atom stereocenters. The van der Waals surface area contributed by atoms with Crippen molar-refractivity contribution in [1.82, 2.24) is 14.8 Å². The Morgan fingerprint density at radius 1 is 1.10 bits per heavy atom. The Balaban J connectivity index is 1.78. The Bertz CT molecular complexity index is 966. The van der Waals surface area contributed by atoms with Crippen LogP contribution in [0.3, 0.4) is 0 Å². The van der Waals surface area contributed by atoms with Crippen LogP contribution in [-0.2, 0) is 22.7 Å². The molecule has 0 aliphatic rings. The van der Waals surface area contributed by atoms with Gasteiger partial charge in [0.25, 0.3) is 0 Å². The van der Waals surface area contributed by atoms with Crippen molar-refractivity contribution in [3.8, 4) is 5.75 Å². The lowest BCUT2D eigenvalue weighted by Gasteiger charge is -2.18. The molecule has 6 nitrogen and oxygen atoms in total. The molecule has 7 heteroatoms. The molecule has 0 bridgehead atoms. The number of esters is 1. The van der Waals surface area contributed by atoms with Gasteiger partial charge in [0.05, 0.1) is 6.61 Å². The van der Waals surface area contributed by atoms with Crippen molar-refractivity contribution < 1.29 is 14.3 Å². The van der Waals surface area contributed by atoms with Gasteiger partial charge in [0.2, 0.25) is 0 Å². The van der Waals surface area contributed by atoms with E-state index in [4.69, 9.17) is 9.47 Å². The third-order valence-electron chi connectivity index (χ3n) is 4.57. The second-order valence-electron chi connectivity index (χ2n) is 6.94. The quantitative estimate of drug-likeness (QED) is 0.374. The number of thioether (sulfide) groups is 1. The lowest BCUT2D eigenvalue weighted by molar-refractivity contribution is -0.143.